The van der Waals surface area contributed by atoms with Crippen molar-refractivity contribution in [2.24, 2.45) is 0 Å². The van der Waals surface area contributed by atoms with E-state index in [4.69, 9.17) is 9.15 Å². The summed E-state index contributed by atoms with van der Waals surface area (Å²) in [5.74, 6) is 0.703. The highest BCUT2D eigenvalue weighted by atomic mass is 16.5. The van der Waals surface area contributed by atoms with Crippen LogP contribution >= 0.6 is 0 Å². The molecule has 2 aromatic rings. The van der Waals surface area contributed by atoms with Crippen LogP contribution in [0.15, 0.2) is 51.9 Å². The average molecular weight is 202 g/mol. The molecule has 0 unspecified atom stereocenters. The van der Waals surface area contributed by atoms with Crippen LogP contribution in [0.25, 0.3) is 11.3 Å². The van der Waals surface area contributed by atoms with Gasteiger partial charge in [-0.05, 0) is 0 Å². The van der Waals surface area contributed by atoms with Crippen LogP contribution in [0.4, 0.5) is 0 Å². The quantitative estimate of drug-likeness (QED) is 0.750. The molecule has 3 heteroatoms. The van der Waals surface area contributed by atoms with Crippen molar-refractivity contribution in [1.82, 2.24) is 0 Å². The molecule has 2 rings (SSSR count). The first kappa shape index (κ1) is 9.52. The molecule has 0 spiro atoms. The lowest BCUT2D eigenvalue weighted by molar-refractivity contribution is 0.392. The first-order valence-corrected chi connectivity index (χ1v) is 4.54. The van der Waals surface area contributed by atoms with Gasteiger partial charge in [0.1, 0.15) is 0 Å². The summed E-state index contributed by atoms with van der Waals surface area (Å²) in [5.41, 5.74) is 0.648. The summed E-state index contributed by atoms with van der Waals surface area (Å²) in [4.78, 5) is 11.5. The molecule has 0 aliphatic heterocycles. The number of ether oxygens (including phenoxy) is 1. The molecule has 0 amide bonds. The minimum Gasteiger partial charge on any atom is -0.490 e. The fourth-order valence-electron chi connectivity index (χ4n) is 1.39. The Morgan fingerprint density at radius 2 is 1.87 bits per heavy atom. The van der Waals surface area contributed by atoms with Crippen molar-refractivity contribution in [1.29, 1.82) is 0 Å². The van der Waals surface area contributed by atoms with Crippen molar-refractivity contribution in [2.75, 3.05) is 7.11 Å². The predicted molar refractivity (Wildman–Crippen MR) is 57.0 cm³/mol. The van der Waals surface area contributed by atoms with Gasteiger partial charge >= 0.3 is 0 Å². The van der Waals surface area contributed by atoms with E-state index in [9.17, 15) is 4.79 Å². The molecule has 76 valence electrons. The topological polar surface area (TPSA) is 39.4 Å². The van der Waals surface area contributed by atoms with E-state index in [-0.39, 0.29) is 11.2 Å². The smallest absolute Gasteiger partial charge is 0.227 e. The second-order valence-corrected chi connectivity index (χ2v) is 3.01. The van der Waals surface area contributed by atoms with Gasteiger partial charge in [-0.25, -0.2) is 0 Å². The van der Waals surface area contributed by atoms with Crippen molar-refractivity contribution in [3.63, 3.8) is 0 Å². The van der Waals surface area contributed by atoms with E-state index >= 15 is 0 Å². The Kier molecular flexibility index (Phi) is 2.54. The zero-order valence-corrected chi connectivity index (χ0v) is 8.27. The molecule has 0 fully saturated rings. The van der Waals surface area contributed by atoms with Crippen LogP contribution in [0.5, 0.6) is 5.75 Å². The summed E-state index contributed by atoms with van der Waals surface area (Å²) in [7, 11) is 1.46. The third-order valence-electron chi connectivity index (χ3n) is 2.08. The third kappa shape index (κ3) is 1.76. The molecule has 0 radical (unpaired) electrons. The monoisotopic (exact) mass is 202 g/mol. The summed E-state index contributed by atoms with van der Waals surface area (Å²) < 4.78 is 10.3. The first-order valence-electron chi connectivity index (χ1n) is 4.54. The second-order valence-electron chi connectivity index (χ2n) is 3.01. The summed E-state index contributed by atoms with van der Waals surface area (Å²) in [6, 6.07) is 10.7. The van der Waals surface area contributed by atoms with Gasteiger partial charge in [0.25, 0.3) is 0 Å². The Morgan fingerprint density at radius 3 is 2.53 bits per heavy atom. The lowest BCUT2D eigenvalue weighted by Gasteiger charge is -2.04. The van der Waals surface area contributed by atoms with Crippen molar-refractivity contribution in [3.05, 3.63) is 52.9 Å². The molecular formula is C12H10O3. The Balaban J connectivity index is 2.63. The summed E-state index contributed by atoms with van der Waals surface area (Å²) >= 11 is 0. The van der Waals surface area contributed by atoms with Crippen molar-refractivity contribution >= 4 is 0 Å². The van der Waals surface area contributed by atoms with Crippen LogP contribution in [0.3, 0.4) is 0 Å². The molecule has 0 atom stereocenters. The van der Waals surface area contributed by atoms with E-state index in [0.717, 1.165) is 5.56 Å². The average Bonchev–Trinajstić information content (AvgIpc) is 2.30. The van der Waals surface area contributed by atoms with Crippen LogP contribution in [0.1, 0.15) is 0 Å². The normalized spacial score (nSPS) is 9.93. The molecule has 0 saturated carbocycles. The van der Waals surface area contributed by atoms with Gasteiger partial charge in [-0.1, -0.05) is 30.3 Å². The lowest BCUT2D eigenvalue weighted by atomic mass is 10.1. The summed E-state index contributed by atoms with van der Waals surface area (Å²) in [6.07, 6.45) is 1.37. The van der Waals surface area contributed by atoms with Gasteiger partial charge in [0.15, 0.2) is 5.76 Å². The maximum absolute atomic E-state index is 11.5. The maximum Gasteiger partial charge on any atom is 0.227 e. The maximum atomic E-state index is 11.5. The first-order chi connectivity index (χ1) is 7.33. The molecule has 0 aliphatic rings. The van der Waals surface area contributed by atoms with Gasteiger partial charge in [-0.2, -0.15) is 0 Å². The van der Waals surface area contributed by atoms with Crippen molar-refractivity contribution in [3.8, 4) is 17.1 Å². The number of methoxy groups -OCH3 is 1. The van der Waals surface area contributed by atoms with Gasteiger partial charge in [-0.3, -0.25) is 4.79 Å². The number of hydrogen-bond donors (Lipinski definition) is 0. The van der Waals surface area contributed by atoms with Crippen LogP contribution < -0.4 is 10.2 Å². The molecule has 1 heterocycles. The van der Waals surface area contributed by atoms with E-state index in [1.165, 1.54) is 19.4 Å². The number of rotatable bonds is 2. The lowest BCUT2D eigenvalue weighted by Crippen LogP contribution is -2.04. The third-order valence-corrected chi connectivity index (χ3v) is 2.08. The van der Waals surface area contributed by atoms with Gasteiger partial charge in [-0.15, -0.1) is 0 Å². The minimum absolute atomic E-state index is 0.178. The molecular weight excluding hydrogens is 192 g/mol. The van der Waals surface area contributed by atoms with Crippen LogP contribution in [0, 0.1) is 0 Å². The highest BCUT2D eigenvalue weighted by Crippen LogP contribution is 2.25. The SMILES string of the molecule is COc1c(-c2ccccc2)occc1=O. The number of hydrogen-bond acceptors (Lipinski definition) is 3. The Bertz CT molecular complexity index is 500. The zero-order valence-electron chi connectivity index (χ0n) is 8.27. The minimum atomic E-state index is -0.178. The van der Waals surface area contributed by atoms with E-state index in [0.29, 0.717) is 5.76 Å². The zero-order chi connectivity index (χ0) is 10.7. The van der Waals surface area contributed by atoms with Crippen LogP contribution in [0.2, 0.25) is 0 Å². The van der Waals surface area contributed by atoms with Gasteiger partial charge in [0, 0.05) is 11.6 Å². The summed E-state index contributed by atoms with van der Waals surface area (Å²) in [6.45, 7) is 0. The van der Waals surface area contributed by atoms with E-state index in [1.54, 1.807) is 0 Å². The van der Waals surface area contributed by atoms with Crippen LogP contribution in [-0.2, 0) is 0 Å². The molecule has 0 aliphatic carbocycles. The second kappa shape index (κ2) is 4.00. The van der Waals surface area contributed by atoms with Gasteiger partial charge in [0.2, 0.25) is 11.2 Å². The van der Waals surface area contributed by atoms with Gasteiger partial charge < -0.3 is 9.15 Å². The Labute approximate surface area is 86.9 Å². The van der Waals surface area contributed by atoms with Crippen molar-refractivity contribution < 1.29 is 9.15 Å². The van der Waals surface area contributed by atoms with Crippen LogP contribution in [-0.4, -0.2) is 7.11 Å². The number of benzene rings is 1. The largest absolute Gasteiger partial charge is 0.490 e. The molecule has 1 aromatic heterocycles. The molecule has 0 N–H and O–H groups in total. The summed E-state index contributed by atoms with van der Waals surface area (Å²) in [5, 5.41) is 0. The Hall–Kier alpha value is -2.03. The van der Waals surface area contributed by atoms with E-state index in [2.05, 4.69) is 0 Å². The fraction of sp³-hybridized carbons (Fsp3) is 0.0833. The van der Waals surface area contributed by atoms with Crippen molar-refractivity contribution in [2.45, 2.75) is 0 Å². The standard InChI is InChI=1S/C12H10O3/c1-14-12-10(13)7-8-15-11(12)9-5-3-2-4-6-9/h2-8H,1H3. The molecule has 0 bridgehead atoms. The highest BCUT2D eigenvalue weighted by molar-refractivity contribution is 5.63. The highest BCUT2D eigenvalue weighted by Gasteiger charge is 2.10. The van der Waals surface area contributed by atoms with E-state index < -0.39 is 0 Å². The molecule has 1 aromatic carbocycles. The molecule has 3 nitrogen and oxygen atoms in total. The van der Waals surface area contributed by atoms with Gasteiger partial charge in [0.05, 0.1) is 13.4 Å². The predicted octanol–water partition coefficient (Wildman–Crippen LogP) is 2.32. The Morgan fingerprint density at radius 1 is 1.13 bits per heavy atom. The molecule has 0 saturated heterocycles. The molecule has 15 heavy (non-hydrogen) atoms. The fourth-order valence-corrected chi connectivity index (χ4v) is 1.39. The van der Waals surface area contributed by atoms with E-state index in [1.807, 2.05) is 30.3 Å².